The first-order chi connectivity index (χ1) is 23.1. The Morgan fingerprint density at radius 3 is 2.32 bits per heavy atom. The molecule has 14 nitrogen and oxygen atoms in total. The van der Waals surface area contributed by atoms with Crippen LogP contribution in [-0.2, 0) is 45.1 Å². The van der Waals surface area contributed by atoms with Crippen LogP contribution in [0.1, 0.15) is 59.4 Å². The van der Waals surface area contributed by atoms with Crippen LogP contribution in [-0.4, -0.2) is 90.3 Å². The fraction of sp³-hybridized carbons (Fsp3) is 0.531. The number of hydrogen-bond acceptors (Lipinski definition) is 11. The maximum absolute atomic E-state index is 11.9. The van der Waals surface area contributed by atoms with Gasteiger partial charge in [0, 0.05) is 59.1 Å². The maximum Gasteiger partial charge on any atom is 0.294 e. The van der Waals surface area contributed by atoms with Crippen LogP contribution in [0.2, 0.25) is 0 Å². The van der Waals surface area contributed by atoms with Crippen molar-refractivity contribution in [3.63, 3.8) is 0 Å². The summed E-state index contributed by atoms with van der Waals surface area (Å²) in [6.07, 6.45) is 13.4. The van der Waals surface area contributed by atoms with Crippen LogP contribution in [0.4, 0.5) is 5.69 Å². The predicted octanol–water partition coefficient (Wildman–Crippen LogP) is 4.85. The molecular formula is C32H45N2O12S4+. The van der Waals surface area contributed by atoms with Crippen molar-refractivity contribution in [2.45, 2.75) is 75.5 Å². The maximum atomic E-state index is 11.9. The van der Waals surface area contributed by atoms with E-state index in [1.54, 1.807) is 17.1 Å². The summed E-state index contributed by atoms with van der Waals surface area (Å²) in [5.41, 5.74) is 2.39. The van der Waals surface area contributed by atoms with Crippen molar-refractivity contribution in [2.24, 2.45) is 11.3 Å². The summed E-state index contributed by atoms with van der Waals surface area (Å²) in [6.45, 7) is 9.82. The van der Waals surface area contributed by atoms with Gasteiger partial charge in [0.1, 0.15) is 5.75 Å². The summed E-state index contributed by atoms with van der Waals surface area (Å²) in [5.74, 6) is -0.825. The van der Waals surface area contributed by atoms with Crippen LogP contribution >= 0.6 is 12.0 Å². The van der Waals surface area contributed by atoms with Crippen molar-refractivity contribution in [1.29, 1.82) is 0 Å². The van der Waals surface area contributed by atoms with Gasteiger partial charge in [-0.3, -0.25) is 13.7 Å². The van der Waals surface area contributed by atoms with Crippen molar-refractivity contribution >= 4 is 53.8 Å². The zero-order valence-electron chi connectivity index (χ0n) is 28.5. The molecule has 0 radical (unpaired) electrons. The molecule has 278 valence electrons. The topological polar surface area (TPSA) is 208 Å². The van der Waals surface area contributed by atoms with Crippen LogP contribution in [0, 0.1) is 11.3 Å². The van der Waals surface area contributed by atoms with Crippen LogP contribution in [0.3, 0.4) is 0 Å². The number of benzene rings is 1. The lowest BCUT2D eigenvalue weighted by Crippen LogP contribution is -2.39. The normalized spacial score (nSPS) is 24.9. The average Bonchev–Trinajstić information content (AvgIpc) is 3.34. The third-order valence-electron chi connectivity index (χ3n) is 9.82. The molecule has 18 heteroatoms. The Kier molecular flexibility index (Phi) is 12.4. The average molecular weight is 778 g/mol. The zero-order valence-corrected chi connectivity index (χ0v) is 31.7. The summed E-state index contributed by atoms with van der Waals surface area (Å²) in [4.78, 5) is 1.41. The molecule has 4 N–H and O–H groups in total. The fourth-order valence-corrected chi connectivity index (χ4v) is 9.39. The molecule has 1 aliphatic carbocycles. The fourth-order valence-electron chi connectivity index (χ4n) is 7.37. The highest BCUT2D eigenvalue weighted by atomic mass is 32.2. The van der Waals surface area contributed by atoms with Crippen LogP contribution in [0.15, 0.2) is 70.8 Å². The molecule has 0 spiro atoms. The van der Waals surface area contributed by atoms with Gasteiger partial charge in [-0.2, -0.15) is 25.3 Å². The number of anilines is 1. The molecule has 0 bridgehead atoms. The van der Waals surface area contributed by atoms with Gasteiger partial charge in [-0.05, 0) is 63.5 Å². The van der Waals surface area contributed by atoms with E-state index in [4.69, 9.17) is 9.59 Å². The van der Waals surface area contributed by atoms with Crippen molar-refractivity contribution in [2.75, 3.05) is 29.5 Å². The van der Waals surface area contributed by atoms with E-state index in [0.29, 0.717) is 16.9 Å². The Hall–Kier alpha value is -2.39. The van der Waals surface area contributed by atoms with Gasteiger partial charge in [0.2, 0.25) is 0 Å². The molecule has 1 aromatic rings. The number of hydrogen-bond donors (Lipinski definition) is 4. The van der Waals surface area contributed by atoms with Gasteiger partial charge in [0.15, 0.2) is 18.3 Å². The van der Waals surface area contributed by atoms with Gasteiger partial charge in [-0.15, -0.1) is 4.33 Å². The Balaban J connectivity index is 1.62. The van der Waals surface area contributed by atoms with Gasteiger partial charge in [-0.1, -0.05) is 48.8 Å². The van der Waals surface area contributed by atoms with Crippen LogP contribution < -0.4 is 4.90 Å². The number of nitrogens with zero attached hydrogens (tertiary/aromatic N) is 2. The van der Waals surface area contributed by atoms with Gasteiger partial charge in [0.25, 0.3) is 30.4 Å². The van der Waals surface area contributed by atoms with E-state index in [0.717, 1.165) is 42.6 Å². The van der Waals surface area contributed by atoms with Crippen molar-refractivity contribution in [3.05, 3.63) is 71.5 Å². The van der Waals surface area contributed by atoms with E-state index in [1.807, 2.05) is 45.1 Å². The SMILES string of the molecule is CC(C=C/C=C1/N(CCS(=O)(=O)O)c2ccc(S(=O)(=O)O)cc2C1(C)C)=CC=CC1=[N+](CCS(=O)(=O)O)C2CCC(SOOO)CC2C1(C)C. The number of fused-ring (bicyclic) bond motifs is 2. The Labute approximate surface area is 298 Å². The van der Waals surface area contributed by atoms with E-state index in [9.17, 15) is 38.9 Å². The van der Waals surface area contributed by atoms with E-state index in [1.165, 1.54) is 18.2 Å². The Morgan fingerprint density at radius 1 is 1.02 bits per heavy atom. The lowest BCUT2D eigenvalue weighted by Gasteiger charge is -2.33. The molecule has 3 aliphatic rings. The summed E-state index contributed by atoms with van der Waals surface area (Å²) < 4.78 is 106. The van der Waals surface area contributed by atoms with Gasteiger partial charge < -0.3 is 4.90 Å². The quantitative estimate of drug-likeness (QED) is 0.0498. The van der Waals surface area contributed by atoms with Gasteiger partial charge in [-0.25, -0.2) is 9.83 Å². The summed E-state index contributed by atoms with van der Waals surface area (Å²) in [7, 11) is -13.0. The zero-order chi connectivity index (χ0) is 37.3. The predicted molar refractivity (Wildman–Crippen MR) is 191 cm³/mol. The second-order valence-electron chi connectivity index (χ2n) is 13.8. The first-order valence-corrected chi connectivity index (χ1v) is 21.3. The lowest BCUT2D eigenvalue weighted by molar-refractivity contribution is -0.562. The molecule has 0 amide bonds. The molecule has 50 heavy (non-hydrogen) atoms. The summed E-state index contributed by atoms with van der Waals surface area (Å²) >= 11 is 1.06. The molecule has 3 unspecified atom stereocenters. The van der Waals surface area contributed by atoms with Crippen molar-refractivity contribution < 1.29 is 58.1 Å². The minimum atomic E-state index is -4.48. The Morgan fingerprint density at radius 2 is 1.70 bits per heavy atom. The van der Waals surface area contributed by atoms with Crippen LogP contribution in [0.5, 0.6) is 0 Å². The third-order valence-corrected chi connectivity index (χ3v) is 12.9. The van der Waals surface area contributed by atoms with E-state index < -0.39 is 47.3 Å². The highest BCUT2D eigenvalue weighted by Gasteiger charge is 2.56. The molecule has 2 heterocycles. The Bertz CT molecular complexity index is 1950. The third kappa shape index (κ3) is 9.53. The molecule has 4 rings (SSSR count). The molecule has 1 fully saturated rings. The van der Waals surface area contributed by atoms with E-state index in [-0.39, 0.29) is 40.6 Å². The second-order valence-corrected chi connectivity index (χ2v) is 19.4. The molecular weight excluding hydrogens is 733 g/mol. The summed E-state index contributed by atoms with van der Waals surface area (Å²) in [5, 5.41) is 12.5. The smallest absolute Gasteiger partial charge is 0.294 e. The van der Waals surface area contributed by atoms with Crippen molar-refractivity contribution in [3.8, 4) is 0 Å². The molecule has 2 aliphatic heterocycles. The van der Waals surface area contributed by atoms with E-state index >= 15 is 0 Å². The van der Waals surface area contributed by atoms with E-state index in [2.05, 4.69) is 23.5 Å². The number of allylic oxidation sites excluding steroid dienone is 8. The van der Waals surface area contributed by atoms with Gasteiger partial charge in [0.05, 0.1) is 16.1 Å². The molecule has 1 saturated carbocycles. The molecule has 1 aromatic carbocycles. The lowest BCUT2D eigenvalue weighted by atomic mass is 9.69. The second kappa shape index (κ2) is 15.3. The molecule has 0 saturated heterocycles. The highest BCUT2D eigenvalue weighted by Crippen LogP contribution is 2.49. The first-order valence-electron chi connectivity index (χ1n) is 15.9. The van der Waals surface area contributed by atoms with Crippen LogP contribution in [0.25, 0.3) is 0 Å². The first kappa shape index (κ1) is 40.4. The van der Waals surface area contributed by atoms with Gasteiger partial charge >= 0.3 is 0 Å². The molecule has 0 aromatic heterocycles. The minimum Gasteiger partial charge on any atom is -0.343 e. The summed E-state index contributed by atoms with van der Waals surface area (Å²) in [6, 6.07) is 4.15. The minimum absolute atomic E-state index is 0.0473. The monoisotopic (exact) mass is 777 g/mol. The molecule has 3 atom stereocenters. The van der Waals surface area contributed by atoms with Crippen molar-refractivity contribution in [1.82, 2.24) is 0 Å². The number of rotatable bonds is 14. The largest absolute Gasteiger partial charge is 0.343 e. The standard InChI is InChI=1S/C32H44N2O12S4/c1-22(8-6-10-29-31(2,3)25-20-23(47-46-45-35)12-14-27(25)33(29)16-18-48(36,37)38)9-7-11-30-32(4,5)26-21-24(50(42,43)44)13-15-28(26)34(30)17-19-49(39,40)41/h6-11,13,15,21,23,25,27H,12,14,16-20H2,1-5H3,(H3-,35,36,37,38,39,40,41,42,43,44)/p+1. The highest BCUT2D eigenvalue weighted by molar-refractivity contribution is 7.95.